The van der Waals surface area contributed by atoms with E-state index in [1.165, 1.54) is 7.11 Å². The van der Waals surface area contributed by atoms with E-state index in [1.54, 1.807) is 30.3 Å². The van der Waals surface area contributed by atoms with Crippen molar-refractivity contribution in [3.8, 4) is 5.75 Å². The van der Waals surface area contributed by atoms with E-state index in [9.17, 15) is 9.90 Å². The summed E-state index contributed by atoms with van der Waals surface area (Å²) in [5.41, 5.74) is 1.45. The zero-order valence-electron chi connectivity index (χ0n) is 9.15. The number of fused-ring (bicyclic) bond motifs is 1. The van der Waals surface area contributed by atoms with E-state index in [2.05, 4.69) is 4.74 Å². The molecule has 0 heterocycles. The number of hydrogen-bond donors (Lipinski definition) is 1. The van der Waals surface area contributed by atoms with Crippen LogP contribution < -0.4 is 0 Å². The van der Waals surface area contributed by atoms with E-state index in [4.69, 9.17) is 0 Å². The predicted molar refractivity (Wildman–Crippen MR) is 61.7 cm³/mol. The van der Waals surface area contributed by atoms with Crippen LogP contribution in [0.5, 0.6) is 5.75 Å². The fraction of sp³-hybridized carbons (Fsp3) is 0.154. The zero-order valence-corrected chi connectivity index (χ0v) is 9.15. The molecule has 16 heavy (non-hydrogen) atoms. The predicted octanol–water partition coefficient (Wildman–Crippen LogP) is 2.64. The molecular weight excluding hydrogens is 204 g/mol. The van der Waals surface area contributed by atoms with Gasteiger partial charge in [0.05, 0.1) is 12.7 Å². The Bertz CT molecular complexity index is 558. The number of methoxy groups -OCH3 is 1. The van der Waals surface area contributed by atoms with Crippen molar-refractivity contribution >= 4 is 16.7 Å². The lowest BCUT2D eigenvalue weighted by atomic mass is 10.0. The minimum Gasteiger partial charge on any atom is -0.508 e. The van der Waals surface area contributed by atoms with E-state index >= 15 is 0 Å². The third kappa shape index (κ3) is 1.72. The van der Waals surface area contributed by atoms with Crippen molar-refractivity contribution in [2.75, 3.05) is 7.11 Å². The molecule has 0 aliphatic carbocycles. The molecule has 2 rings (SSSR count). The monoisotopic (exact) mass is 216 g/mol. The summed E-state index contributed by atoms with van der Waals surface area (Å²) in [7, 11) is 1.36. The Morgan fingerprint density at radius 2 is 2.00 bits per heavy atom. The van der Waals surface area contributed by atoms with Gasteiger partial charge in [0.1, 0.15) is 5.75 Å². The Hall–Kier alpha value is -2.03. The summed E-state index contributed by atoms with van der Waals surface area (Å²) >= 11 is 0. The fourth-order valence-electron chi connectivity index (χ4n) is 1.77. The molecule has 0 bridgehead atoms. The van der Waals surface area contributed by atoms with Crippen molar-refractivity contribution < 1.29 is 14.6 Å². The quantitative estimate of drug-likeness (QED) is 0.745. The summed E-state index contributed by atoms with van der Waals surface area (Å²) in [6.45, 7) is 1.89. The van der Waals surface area contributed by atoms with Crippen LogP contribution in [-0.2, 0) is 4.74 Å². The lowest BCUT2D eigenvalue weighted by Crippen LogP contribution is -2.00. The minimum absolute atomic E-state index is 0.232. The second-order valence-electron chi connectivity index (χ2n) is 3.69. The molecule has 0 amide bonds. The summed E-state index contributed by atoms with van der Waals surface area (Å²) in [5.74, 6) is -0.120. The smallest absolute Gasteiger partial charge is 0.337 e. The summed E-state index contributed by atoms with van der Waals surface area (Å²) in [6.07, 6.45) is 0. The van der Waals surface area contributed by atoms with Gasteiger partial charge in [0.15, 0.2) is 0 Å². The molecule has 3 heteroatoms. The molecule has 0 aromatic heterocycles. The SMILES string of the molecule is COC(=O)c1ccc2cc(O)cc(C)c2c1. The molecule has 1 N–H and O–H groups in total. The molecule has 0 radical (unpaired) electrons. The molecule has 0 saturated heterocycles. The average molecular weight is 216 g/mol. The highest BCUT2D eigenvalue weighted by atomic mass is 16.5. The standard InChI is InChI=1S/C13H12O3/c1-8-5-11(14)6-9-3-4-10(7-12(8)9)13(15)16-2/h3-7,14H,1-2H3. The third-order valence-electron chi connectivity index (χ3n) is 2.57. The van der Waals surface area contributed by atoms with Crippen molar-refractivity contribution in [1.82, 2.24) is 0 Å². The van der Waals surface area contributed by atoms with Gasteiger partial charge < -0.3 is 9.84 Å². The Morgan fingerprint density at radius 1 is 1.25 bits per heavy atom. The lowest BCUT2D eigenvalue weighted by molar-refractivity contribution is 0.0601. The van der Waals surface area contributed by atoms with Gasteiger partial charge in [-0.25, -0.2) is 4.79 Å². The number of aryl methyl sites for hydroxylation is 1. The number of carbonyl (C=O) groups excluding carboxylic acids is 1. The Balaban J connectivity index is 2.66. The summed E-state index contributed by atoms with van der Waals surface area (Å²) in [5, 5.41) is 11.3. The van der Waals surface area contributed by atoms with Gasteiger partial charge in [0.25, 0.3) is 0 Å². The highest BCUT2D eigenvalue weighted by molar-refractivity contribution is 5.96. The van der Waals surface area contributed by atoms with Crippen LogP contribution in [-0.4, -0.2) is 18.2 Å². The second-order valence-corrected chi connectivity index (χ2v) is 3.69. The van der Waals surface area contributed by atoms with Gasteiger partial charge in [-0.15, -0.1) is 0 Å². The van der Waals surface area contributed by atoms with E-state index in [0.717, 1.165) is 16.3 Å². The van der Waals surface area contributed by atoms with Crippen LogP contribution in [0.4, 0.5) is 0 Å². The number of ether oxygens (including phenoxy) is 1. The van der Waals surface area contributed by atoms with Crippen LogP contribution >= 0.6 is 0 Å². The first-order valence-electron chi connectivity index (χ1n) is 4.93. The summed E-state index contributed by atoms with van der Waals surface area (Å²) in [4.78, 5) is 11.4. The second kappa shape index (κ2) is 3.85. The van der Waals surface area contributed by atoms with Gasteiger partial charge in [-0.3, -0.25) is 0 Å². The van der Waals surface area contributed by atoms with Crippen LogP contribution in [0.15, 0.2) is 30.3 Å². The minimum atomic E-state index is -0.352. The molecule has 0 unspecified atom stereocenters. The first-order chi connectivity index (χ1) is 7.61. The third-order valence-corrected chi connectivity index (χ3v) is 2.57. The molecule has 0 aliphatic rings. The molecule has 0 aliphatic heterocycles. The first-order valence-corrected chi connectivity index (χ1v) is 4.93. The summed E-state index contributed by atoms with van der Waals surface area (Å²) < 4.78 is 4.66. The maximum atomic E-state index is 11.4. The van der Waals surface area contributed by atoms with Gasteiger partial charge in [-0.05, 0) is 47.5 Å². The molecule has 0 spiro atoms. The number of phenolic OH excluding ortho intramolecular Hbond substituents is 1. The first kappa shape index (κ1) is 10.5. The lowest BCUT2D eigenvalue weighted by Gasteiger charge is -2.05. The van der Waals surface area contributed by atoms with Crippen molar-refractivity contribution in [2.24, 2.45) is 0 Å². The average Bonchev–Trinajstić information content (AvgIpc) is 2.27. The number of phenols is 1. The molecule has 0 atom stereocenters. The van der Waals surface area contributed by atoms with Gasteiger partial charge in [0, 0.05) is 0 Å². The largest absolute Gasteiger partial charge is 0.508 e. The van der Waals surface area contributed by atoms with Gasteiger partial charge in [0.2, 0.25) is 0 Å². The van der Waals surface area contributed by atoms with Crippen molar-refractivity contribution in [3.63, 3.8) is 0 Å². The molecule has 0 fully saturated rings. The van der Waals surface area contributed by atoms with Gasteiger partial charge >= 0.3 is 5.97 Å². The molecule has 2 aromatic carbocycles. The number of carbonyl (C=O) groups is 1. The highest BCUT2D eigenvalue weighted by Gasteiger charge is 2.07. The molecule has 3 nitrogen and oxygen atoms in total. The van der Waals surface area contributed by atoms with E-state index in [-0.39, 0.29) is 11.7 Å². The van der Waals surface area contributed by atoms with Crippen LogP contribution in [0.25, 0.3) is 10.8 Å². The van der Waals surface area contributed by atoms with Crippen molar-refractivity contribution in [1.29, 1.82) is 0 Å². The van der Waals surface area contributed by atoms with Crippen LogP contribution in [0.2, 0.25) is 0 Å². The Kier molecular flexibility index (Phi) is 2.52. The van der Waals surface area contributed by atoms with Crippen LogP contribution in [0, 0.1) is 6.92 Å². The van der Waals surface area contributed by atoms with Gasteiger partial charge in [-0.2, -0.15) is 0 Å². The maximum Gasteiger partial charge on any atom is 0.337 e. The number of rotatable bonds is 1. The Morgan fingerprint density at radius 3 is 2.69 bits per heavy atom. The van der Waals surface area contributed by atoms with E-state index in [0.29, 0.717) is 5.56 Å². The van der Waals surface area contributed by atoms with Crippen molar-refractivity contribution in [3.05, 3.63) is 41.5 Å². The number of hydrogen-bond acceptors (Lipinski definition) is 3. The Labute approximate surface area is 93.3 Å². The van der Waals surface area contributed by atoms with Crippen LogP contribution in [0.3, 0.4) is 0 Å². The number of aromatic hydroxyl groups is 1. The van der Waals surface area contributed by atoms with E-state index < -0.39 is 0 Å². The molecule has 0 saturated carbocycles. The normalized spacial score (nSPS) is 10.4. The molecule has 2 aromatic rings. The molecule has 82 valence electrons. The maximum absolute atomic E-state index is 11.4. The van der Waals surface area contributed by atoms with E-state index in [1.807, 2.05) is 6.92 Å². The highest BCUT2D eigenvalue weighted by Crippen LogP contribution is 2.25. The summed E-state index contributed by atoms with van der Waals surface area (Å²) in [6, 6.07) is 8.60. The molecular formula is C13H12O3. The zero-order chi connectivity index (χ0) is 11.7. The van der Waals surface area contributed by atoms with Crippen molar-refractivity contribution in [2.45, 2.75) is 6.92 Å². The fourth-order valence-corrected chi connectivity index (χ4v) is 1.77. The topological polar surface area (TPSA) is 46.5 Å². The number of esters is 1. The van der Waals surface area contributed by atoms with Gasteiger partial charge in [-0.1, -0.05) is 6.07 Å². The number of benzene rings is 2. The van der Waals surface area contributed by atoms with Crippen LogP contribution in [0.1, 0.15) is 15.9 Å².